The quantitative estimate of drug-likeness (QED) is 0.630. The fourth-order valence-electron chi connectivity index (χ4n) is 3.02. The van der Waals surface area contributed by atoms with Crippen LogP contribution in [0.2, 0.25) is 0 Å². The summed E-state index contributed by atoms with van der Waals surface area (Å²) < 4.78 is 0. The van der Waals surface area contributed by atoms with Crippen LogP contribution in [-0.2, 0) is 17.6 Å². The van der Waals surface area contributed by atoms with Crippen LogP contribution < -0.4 is 15.5 Å². The number of hydrogen-bond donors (Lipinski definition) is 2. The number of carbonyl (C=O) groups excluding carboxylic acids is 2. The number of amides is 3. The monoisotopic (exact) mass is 427 g/mol. The molecule has 0 saturated carbocycles. The molecule has 1 aromatic carbocycles. The summed E-state index contributed by atoms with van der Waals surface area (Å²) >= 11 is 2.87. The molecule has 3 heterocycles. The second-order valence-corrected chi connectivity index (χ2v) is 8.84. The molecule has 0 atom stereocenters. The van der Waals surface area contributed by atoms with E-state index in [2.05, 4.69) is 51.8 Å². The van der Waals surface area contributed by atoms with E-state index in [4.69, 9.17) is 0 Å². The van der Waals surface area contributed by atoms with Gasteiger partial charge in [-0.25, -0.2) is 14.8 Å². The van der Waals surface area contributed by atoms with Crippen molar-refractivity contribution in [1.82, 2.24) is 15.3 Å². The van der Waals surface area contributed by atoms with E-state index in [9.17, 15) is 9.59 Å². The maximum atomic E-state index is 12.4. The lowest BCUT2D eigenvalue weighted by atomic mass is 10.1. The second kappa shape index (κ2) is 8.30. The lowest BCUT2D eigenvalue weighted by molar-refractivity contribution is -0.115. The Morgan fingerprint density at radius 1 is 1.24 bits per heavy atom. The Kier molecular flexibility index (Phi) is 5.59. The number of thiazole rings is 2. The van der Waals surface area contributed by atoms with Gasteiger partial charge >= 0.3 is 6.03 Å². The van der Waals surface area contributed by atoms with Gasteiger partial charge in [0.15, 0.2) is 10.3 Å². The summed E-state index contributed by atoms with van der Waals surface area (Å²) in [5, 5.41) is 8.66. The Balaban J connectivity index is 1.37. The van der Waals surface area contributed by atoms with Crippen molar-refractivity contribution >= 4 is 44.9 Å². The molecular weight excluding hydrogens is 406 g/mol. The Morgan fingerprint density at radius 2 is 2.03 bits per heavy atom. The zero-order valence-corrected chi connectivity index (χ0v) is 17.8. The number of hydrogen-bond acceptors (Lipinski definition) is 6. The second-order valence-electron chi connectivity index (χ2n) is 6.92. The minimum atomic E-state index is -0.164. The number of urea groups is 1. The van der Waals surface area contributed by atoms with Crippen LogP contribution in [0.15, 0.2) is 29.6 Å². The maximum absolute atomic E-state index is 12.4. The van der Waals surface area contributed by atoms with Crippen molar-refractivity contribution < 1.29 is 9.59 Å². The molecule has 7 nitrogen and oxygen atoms in total. The van der Waals surface area contributed by atoms with Gasteiger partial charge < -0.3 is 10.6 Å². The number of aryl methyl sites for hydroxylation is 2. The summed E-state index contributed by atoms with van der Waals surface area (Å²) in [4.78, 5) is 35.8. The third-order valence-electron chi connectivity index (χ3n) is 4.59. The summed E-state index contributed by atoms with van der Waals surface area (Å²) in [6, 6.07) is 8.29. The molecule has 150 valence electrons. The highest BCUT2D eigenvalue weighted by Gasteiger charge is 2.24. The van der Waals surface area contributed by atoms with Crippen molar-refractivity contribution in [3.63, 3.8) is 0 Å². The molecule has 29 heavy (non-hydrogen) atoms. The van der Waals surface area contributed by atoms with Crippen LogP contribution in [-0.4, -0.2) is 35.0 Å². The standard InChI is InChI=1S/C20H21N5O2S2/c1-12-3-5-14(6-4-12)9-16-13(2)22-18(29-16)24-17(26)10-15-11-28-20(23-15)25-8-7-21-19(25)27/h3-6,11H,7-10H2,1-2H3,(H,21,27)(H,22,24,26). The summed E-state index contributed by atoms with van der Waals surface area (Å²) in [7, 11) is 0. The third kappa shape index (κ3) is 4.63. The fraction of sp³-hybridized carbons (Fsp3) is 0.300. The first-order chi connectivity index (χ1) is 14.0. The molecule has 0 unspecified atom stereocenters. The molecule has 2 aromatic heterocycles. The van der Waals surface area contributed by atoms with Crippen LogP contribution in [0.5, 0.6) is 0 Å². The maximum Gasteiger partial charge on any atom is 0.323 e. The third-order valence-corrected chi connectivity index (χ3v) is 6.58. The van der Waals surface area contributed by atoms with Crippen molar-refractivity contribution in [3.05, 3.63) is 57.0 Å². The normalized spacial score (nSPS) is 13.6. The Hall–Kier alpha value is -2.78. The van der Waals surface area contributed by atoms with Gasteiger partial charge in [0.1, 0.15) is 0 Å². The Bertz CT molecular complexity index is 1040. The lowest BCUT2D eigenvalue weighted by Gasteiger charge is -2.08. The van der Waals surface area contributed by atoms with E-state index in [-0.39, 0.29) is 18.4 Å². The molecule has 4 rings (SSSR count). The summed E-state index contributed by atoms with van der Waals surface area (Å²) in [6.07, 6.45) is 0.949. The van der Waals surface area contributed by atoms with Gasteiger partial charge in [0, 0.05) is 29.8 Å². The van der Waals surface area contributed by atoms with Crippen LogP contribution in [0.1, 0.15) is 27.4 Å². The highest BCUT2D eigenvalue weighted by Crippen LogP contribution is 2.26. The predicted molar refractivity (Wildman–Crippen MR) is 116 cm³/mol. The summed E-state index contributed by atoms with van der Waals surface area (Å²) in [5.41, 5.74) is 4.04. The van der Waals surface area contributed by atoms with E-state index in [1.807, 2.05) is 12.3 Å². The van der Waals surface area contributed by atoms with Crippen molar-refractivity contribution in [2.24, 2.45) is 0 Å². The number of anilines is 2. The molecule has 1 fully saturated rings. The van der Waals surface area contributed by atoms with Crippen molar-refractivity contribution in [3.8, 4) is 0 Å². The molecule has 3 aromatic rings. The topological polar surface area (TPSA) is 87.2 Å². The van der Waals surface area contributed by atoms with Crippen LogP contribution >= 0.6 is 22.7 Å². The van der Waals surface area contributed by atoms with Gasteiger partial charge in [-0.3, -0.25) is 9.69 Å². The highest BCUT2D eigenvalue weighted by molar-refractivity contribution is 7.16. The highest BCUT2D eigenvalue weighted by atomic mass is 32.1. The number of benzene rings is 1. The smallest absolute Gasteiger partial charge is 0.323 e. The predicted octanol–water partition coefficient (Wildman–Crippen LogP) is 3.52. The van der Waals surface area contributed by atoms with Gasteiger partial charge in [-0.1, -0.05) is 29.8 Å². The van der Waals surface area contributed by atoms with Gasteiger partial charge in [-0.15, -0.1) is 22.7 Å². The van der Waals surface area contributed by atoms with E-state index in [0.29, 0.717) is 29.0 Å². The van der Waals surface area contributed by atoms with E-state index in [0.717, 1.165) is 17.0 Å². The van der Waals surface area contributed by atoms with Gasteiger partial charge in [0.2, 0.25) is 5.91 Å². The first-order valence-corrected chi connectivity index (χ1v) is 11.0. The zero-order chi connectivity index (χ0) is 20.4. The molecule has 1 aliphatic rings. The van der Waals surface area contributed by atoms with Crippen molar-refractivity contribution in [1.29, 1.82) is 0 Å². The Morgan fingerprint density at radius 3 is 2.76 bits per heavy atom. The lowest BCUT2D eigenvalue weighted by Crippen LogP contribution is -2.27. The molecular formula is C20H21N5O2S2. The average Bonchev–Trinajstić information content (AvgIpc) is 3.38. The molecule has 1 saturated heterocycles. The fourth-order valence-corrected chi connectivity index (χ4v) is 4.88. The molecule has 3 amide bonds. The SMILES string of the molecule is Cc1ccc(Cc2sc(NC(=O)Cc3csc(N4CCNC4=O)n3)nc2C)cc1. The van der Waals surface area contributed by atoms with Crippen LogP contribution in [0.4, 0.5) is 15.1 Å². The molecule has 0 bridgehead atoms. The molecule has 0 aliphatic carbocycles. The minimum absolute atomic E-state index is 0.144. The van der Waals surface area contributed by atoms with Gasteiger partial charge in [0.25, 0.3) is 0 Å². The van der Waals surface area contributed by atoms with Crippen molar-refractivity contribution in [2.75, 3.05) is 23.3 Å². The van der Waals surface area contributed by atoms with E-state index >= 15 is 0 Å². The van der Waals surface area contributed by atoms with E-state index in [1.165, 1.54) is 33.8 Å². The first kappa shape index (κ1) is 19.5. The molecule has 2 N–H and O–H groups in total. The number of rotatable bonds is 6. The number of nitrogens with zero attached hydrogens (tertiary/aromatic N) is 3. The zero-order valence-electron chi connectivity index (χ0n) is 16.2. The van der Waals surface area contributed by atoms with Gasteiger partial charge in [-0.2, -0.15) is 0 Å². The van der Waals surface area contributed by atoms with Crippen LogP contribution in [0, 0.1) is 13.8 Å². The van der Waals surface area contributed by atoms with E-state index < -0.39 is 0 Å². The first-order valence-electron chi connectivity index (χ1n) is 9.29. The largest absolute Gasteiger partial charge is 0.336 e. The Labute approximate surface area is 176 Å². The average molecular weight is 428 g/mol. The molecule has 9 heteroatoms. The summed E-state index contributed by atoms with van der Waals surface area (Å²) in [5.74, 6) is -0.164. The molecule has 0 spiro atoms. The number of carbonyl (C=O) groups is 2. The molecule has 1 aliphatic heterocycles. The van der Waals surface area contributed by atoms with Crippen LogP contribution in [0.3, 0.4) is 0 Å². The van der Waals surface area contributed by atoms with E-state index in [1.54, 1.807) is 4.90 Å². The molecule has 0 radical (unpaired) electrons. The van der Waals surface area contributed by atoms with Gasteiger partial charge in [-0.05, 0) is 19.4 Å². The minimum Gasteiger partial charge on any atom is -0.336 e. The number of nitrogens with one attached hydrogen (secondary N) is 2. The summed E-state index contributed by atoms with van der Waals surface area (Å²) in [6.45, 7) is 5.24. The van der Waals surface area contributed by atoms with Crippen molar-refractivity contribution in [2.45, 2.75) is 26.7 Å². The number of aromatic nitrogens is 2. The van der Waals surface area contributed by atoms with Gasteiger partial charge in [0.05, 0.1) is 17.8 Å². The van der Waals surface area contributed by atoms with Crippen LogP contribution in [0.25, 0.3) is 0 Å².